The number of nitrogens with zero attached hydrogens (tertiary/aromatic N) is 4. The maximum absolute atomic E-state index is 12.5. The van der Waals surface area contributed by atoms with E-state index in [9.17, 15) is 13.2 Å². The number of aromatic nitrogens is 2. The Bertz CT molecular complexity index is 818. The molecule has 2 aromatic rings. The van der Waals surface area contributed by atoms with E-state index < -0.39 is 12.3 Å². The van der Waals surface area contributed by atoms with Crippen LogP contribution in [-0.2, 0) is 4.74 Å². The first-order valence-corrected chi connectivity index (χ1v) is 8.89. The number of aliphatic hydroxyl groups excluding tert-OH is 1. The van der Waals surface area contributed by atoms with Gasteiger partial charge in [0.2, 0.25) is 0 Å². The fourth-order valence-electron chi connectivity index (χ4n) is 3.20. The van der Waals surface area contributed by atoms with E-state index in [4.69, 9.17) is 14.5 Å². The van der Waals surface area contributed by atoms with Gasteiger partial charge in [0, 0.05) is 39.2 Å². The smallest absolute Gasteiger partial charge is 0.383 e. The van der Waals surface area contributed by atoms with Gasteiger partial charge in [0.15, 0.2) is 11.6 Å². The molecule has 1 unspecified atom stereocenters. The third-order valence-electron chi connectivity index (χ3n) is 4.71. The second-order valence-corrected chi connectivity index (χ2v) is 7.04. The predicted molar refractivity (Wildman–Crippen MR) is 98.0 cm³/mol. The number of rotatable bonds is 8. The highest BCUT2D eigenvalue weighted by molar-refractivity contribution is 5.90. The molecule has 0 bridgehead atoms. The van der Waals surface area contributed by atoms with Crippen LogP contribution in [0.25, 0.3) is 17.1 Å². The lowest BCUT2D eigenvalue weighted by Gasteiger charge is -2.42. The van der Waals surface area contributed by atoms with Crippen LogP contribution in [0, 0.1) is 5.92 Å². The minimum atomic E-state index is -4.70. The van der Waals surface area contributed by atoms with E-state index in [1.807, 2.05) is 7.05 Å². The SMILES string of the molecule is COCCN(C)CC1CN(c2cc(/C=C/C(O)C(F)(F)F)cc3nonc23)C1. The molecule has 1 aliphatic rings. The highest BCUT2D eigenvalue weighted by atomic mass is 19.4. The third kappa shape index (κ3) is 4.81. The zero-order chi connectivity index (χ0) is 20.3. The molecule has 28 heavy (non-hydrogen) atoms. The molecule has 1 fully saturated rings. The summed E-state index contributed by atoms with van der Waals surface area (Å²) in [6.07, 6.45) is -5.27. The van der Waals surface area contributed by atoms with Crippen LogP contribution in [0.3, 0.4) is 0 Å². The topological polar surface area (TPSA) is 74.9 Å². The standard InChI is InChI=1S/C18H23F3N4O3/c1-24(5-6-27-2)9-13-10-25(11-13)15-8-12(3-4-16(26)18(19,20)21)7-14-17(15)23-28-22-14/h3-4,7-8,13,16,26H,5-6,9-11H2,1-2H3/b4-3+. The van der Waals surface area contributed by atoms with E-state index >= 15 is 0 Å². The van der Waals surface area contributed by atoms with Gasteiger partial charge in [-0.2, -0.15) is 13.2 Å². The average molecular weight is 400 g/mol. The summed E-state index contributed by atoms with van der Waals surface area (Å²) in [6, 6.07) is 3.31. The molecule has 1 aromatic carbocycles. The van der Waals surface area contributed by atoms with Crippen molar-refractivity contribution in [2.75, 3.05) is 51.8 Å². The number of benzene rings is 1. The Labute approximate surface area is 160 Å². The largest absolute Gasteiger partial charge is 0.417 e. The van der Waals surface area contributed by atoms with Gasteiger partial charge in [0.05, 0.1) is 12.3 Å². The molecule has 1 aliphatic heterocycles. The lowest BCUT2D eigenvalue weighted by atomic mass is 9.97. The number of hydrogen-bond donors (Lipinski definition) is 1. The lowest BCUT2D eigenvalue weighted by Crippen LogP contribution is -2.51. The van der Waals surface area contributed by atoms with Crippen molar-refractivity contribution in [3.05, 3.63) is 23.8 Å². The van der Waals surface area contributed by atoms with Crippen LogP contribution in [0.4, 0.5) is 18.9 Å². The van der Waals surface area contributed by atoms with E-state index in [2.05, 4.69) is 20.1 Å². The number of halogens is 3. The molecule has 154 valence electrons. The van der Waals surface area contributed by atoms with Crippen LogP contribution >= 0.6 is 0 Å². The molecule has 0 radical (unpaired) electrons. The minimum Gasteiger partial charge on any atom is -0.383 e. The Morgan fingerprint density at radius 3 is 2.82 bits per heavy atom. The van der Waals surface area contributed by atoms with Gasteiger partial charge in [-0.1, -0.05) is 6.08 Å². The molecule has 1 N–H and O–H groups in total. The molecule has 3 rings (SSSR count). The number of hydrogen-bond acceptors (Lipinski definition) is 7. The van der Waals surface area contributed by atoms with E-state index in [1.54, 1.807) is 19.2 Å². The van der Waals surface area contributed by atoms with Crippen molar-refractivity contribution in [3.63, 3.8) is 0 Å². The first kappa shape index (κ1) is 20.6. The average Bonchev–Trinajstić information content (AvgIpc) is 3.07. The van der Waals surface area contributed by atoms with E-state index in [-0.39, 0.29) is 0 Å². The van der Waals surface area contributed by atoms with Gasteiger partial charge in [0.1, 0.15) is 5.52 Å². The quantitative estimate of drug-likeness (QED) is 0.728. The Balaban J connectivity index is 1.70. The van der Waals surface area contributed by atoms with Crippen molar-refractivity contribution in [1.29, 1.82) is 0 Å². The molecular formula is C18H23F3N4O3. The molecule has 2 heterocycles. The summed E-state index contributed by atoms with van der Waals surface area (Å²) >= 11 is 0. The van der Waals surface area contributed by atoms with Gasteiger partial charge in [-0.05, 0) is 41.1 Å². The highest BCUT2D eigenvalue weighted by Gasteiger charge is 2.36. The zero-order valence-electron chi connectivity index (χ0n) is 15.7. The second kappa shape index (κ2) is 8.46. The van der Waals surface area contributed by atoms with Crippen LogP contribution in [0.5, 0.6) is 0 Å². The maximum Gasteiger partial charge on any atom is 0.417 e. The Kier molecular flexibility index (Phi) is 6.21. The van der Waals surface area contributed by atoms with Gasteiger partial charge in [-0.15, -0.1) is 0 Å². The zero-order valence-corrected chi connectivity index (χ0v) is 15.7. The molecule has 0 amide bonds. The number of fused-ring (bicyclic) bond motifs is 1. The summed E-state index contributed by atoms with van der Waals surface area (Å²) in [6.45, 7) is 4.06. The van der Waals surface area contributed by atoms with Crippen LogP contribution < -0.4 is 4.90 Å². The van der Waals surface area contributed by atoms with Gasteiger partial charge in [-0.25, -0.2) is 4.63 Å². The molecule has 0 saturated carbocycles. The molecule has 10 heteroatoms. The molecular weight excluding hydrogens is 377 g/mol. The predicted octanol–water partition coefficient (Wildman–Crippen LogP) is 2.17. The number of anilines is 1. The maximum atomic E-state index is 12.5. The number of alkyl halides is 3. The van der Waals surface area contributed by atoms with Crippen LogP contribution in [0.15, 0.2) is 22.8 Å². The van der Waals surface area contributed by atoms with Crippen LogP contribution in [0.2, 0.25) is 0 Å². The fourth-order valence-corrected chi connectivity index (χ4v) is 3.20. The Hall–Kier alpha value is -2.17. The highest BCUT2D eigenvalue weighted by Crippen LogP contribution is 2.32. The number of methoxy groups -OCH3 is 1. The van der Waals surface area contributed by atoms with Crippen molar-refractivity contribution < 1.29 is 27.6 Å². The molecule has 1 saturated heterocycles. The van der Waals surface area contributed by atoms with Crippen molar-refractivity contribution in [3.8, 4) is 0 Å². The number of ether oxygens (including phenoxy) is 1. The normalized spacial score (nSPS) is 17.0. The van der Waals surface area contributed by atoms with Crippen molar-refractivity contribution in [2.24, 2.45) is 5.92 Å². The van der Waals surface area contributed by atoms with Crippen LogP contribution in [0.1, 0.15) is 5.56 Å². The molecule has 7 nitrogen and oxygen atoms in total. The van der Waals surface area contributed by atoms with E-state index in [1.165, 1.54) is 6.08 Å². The Morgan fingerprint density at radius 2 is 2.14 bits per heavy atom. The van der Waals surface area contributed by atoms with E-state index in [0.29, 0.717) is 35.2 Å². The fraction of sp³-hybridized carbons (Fsp3) is 0.556. The Morgan fingerprint density at radius 1 is 1.39 bits per heavy atom. The monoisotopic (exact) mass is 400 g/mol. The van der Waals surface area contributed by atoms with Crippen LogP contribution in [-0.4, -0.2) is 79.5 Å². The summed E-state index contributed by atoms with van der Waals surface area (Å²) in [5.74, 6) is 0.475. The first-order chi connectivity index (χ1) is 13.3. The summed E-state index contributed by atoms with van der Waals surface area (Å²) in [4.78, 5) is 4.30. The van der Waals surface area contributed by atoms with Gasteiger partial charge in [0.25, 0.3) is 0 Å². The summed E-state index contributed by atoms with van der Waals surface area (Å²) in [7, 11) is 3.71. The molecule has 0 aliphatic carbocycles. The number of likely N-dealkylation sites (N-methyl/N-ethyl adjacent to an activating group) is 1. The first-order valence-electron chi connectivity index (χ1n) is 8.89. The van der Waals surface area contributed by atoms with Crippen molar-refractivity contribution in [1.82, 2.24) is 15.2 Å². The van der Waals surface area contributed by atoms with Gasteiger partial charge >= 0.3 is 6.18 Å². The summed E-state index contributed by atoms with van der Waals surface area (Å²) in [5, 5.41) is 16.9. The second-order valence-electron chi connectivity index (χ2n) is 7.04. The summed E-state index contributed by atoms with van der Waals surface area (Å²) < 4.78 is 47.3. The summed E-state index contributed by atoms with van der Waals surface area (Å²) in [5.41, 5.74) is 2.27. The third-order valence-corrected chi connectivity index (χ3v) is 4.71. The molecule has 1 atom stereocenters. The molecule has 0 spiro atoms. The van der Waals surface area contributed by atoms with Gasteiger partial charge < -0.3 is 19.6 Å². The number of aliphatic hydroxyl groups is 1. The van der Waals surface area contributed by atoms with Gasteiger partial charge in [-0.3, -0.25) is 0 Å². The van der Waals surface area contributed by atoms with E-state index in [0.717, 1.165) is 31.9 Å². The lowest BCUT2D eigenvalue weighted by molar-refractivity contribution is -0.187. The van der Waals surface area contributed by atoms with Crippen molar-refractivity contribution in [2.45, 2.75) is 12.3 Å². The molecule has 1 aromatic heterocycles. The minimum absolute atomic E-state index is 0.458. The van der Waals surface area contributed by atoms with Crippen molar-refractivity contribution >= 4 is 22.8 Å².